The molecule has 0 saturated heterocycles. The number of aromatic nitrogens is 2. The van der Waals surface area contributed by atoms with E-state index in [9.17, 15) is 0 Å². The molecule has 0 aliphatic rings. The van der Waals surface area contributed by atoms with Crippen LogP contribution in [0.15, 0.2) is 24.4 Å². The van der Waals surface area contributed by atoms with E-state index in [1.54, 1.807) is 13.3 Å². The second-order valence-corrected chi connectivity index (χ2v) is 3.38. The Kier molecular flexibility index (Phi) is 2.33. The quantitative estimate of drug-likeness (QED) is 0.784. The van der Waals surface area contributed by atoms with Gasteiger partial charge in [-0.1, -0.05) is 0 Å². The van der Waals surface area contributed by atoms with Gasteiger partial charge in [-0.25, -0.2) is 0 Å². The van der Waals surface area contributed by atoms with E-state index < -0.39 is 0 Å². The van der Waals surface area contributed by atoms with Gasteiger partial charge in [-0.2, -0.15) is 5.10 Å². The number of anilines is 1. The molecule has 1 aromatic heterocycles. The topological polar surface area (TPSA) is 63.9 Å². The average Bonchev–Trinajstić information content (AvgIpc) is 2.64. The van der Waals surface area contributed by atoms with Crippen LogP contribution in [0.1, 0.15) is 5.56 Å². The van der Waals surface area contributed by atoms with Crippen LogP contribution in [0.5, 0.6) is 5.75 Å². The smallest absolute Gasteiger partial charge is 0.121 e. The zero-order valence-corrected chi connectivity index (χ0v) is 8.74. The highest BCUT2D eigenvalue weighted by molar-refractivity contribution is 5.72. The lowest BCUT2D eigenvalue weighted by Crippen LogP contribution is -1.90. The van der Waals surface area contributed by atoms with Crippen LogP contribution in [0, 0.1) is 6.92 Å². The van der Waals surface area contributed by atoms with Gasteiger partial charge in [0.25, 0.3) is 0 Å². The summed E-state index contributed by atoms with van der Waals surface area (Å²) in [5, 5.41) is 6.76. The summed E-state index contributed by atoms with van der Waals surface area (Å²) in [7, 11) is 1.66. The van der Waals surface area contributed by atoms with Crippen molar-refractivity contribution in [2.75, 3.05) is 12.8 Å². The summed E-state index contributed by atoms with van der Waals surface area (Å²) in [5.41, 5.74) is 9.36. The highest BCUT2D eigenvalue weighted by Gasteiger charge is 2.06. The fourth-order valence-corrected chi connectivity index (χ4v) is 1.56. The molecule has 1 aromatic carbocycles. The Morgan fingerprint density at radius 3 is 2.73 bits per heavy atom. The third-order valence-electron chi connectivity index (χ3n) is 2.35. The molecule has 0 aliphatic heterocycles. The minimum absolute atomic E-state index is 0.652. The van der Waals surface area contributed by atoms with Gasteiger partial charge in [0.15, 0.2) is 0 Å². The van der Waals surface area contributed by atoms with Crippen LogP contribution in [0.3, 0.4) is 0 Å². The van der Waals surface area contributed by atoms with Gasteiger partial charge in [-0.15, -0.1) is 0 Å². The van der Waals surface area contributed by atoms with Crippen molar-refractivity contribution in [3.8, 4) is 17.0 Å². The first kappa shape index (κ1) is 9.58. The lowest BCUT2D eigenvalue weighted by Gasteiger charge is -2.06. The molecule has 0 amide bonds. The number of methoxy groups -OCH3 is 1. The summed E-state index contributed by atoms with van der Waals surface area (Å²) in [6, 6.07) is 5.89. The predicted octanol–water partition coefficient (Wildman–Crippen LogP) is 1.98. The average molecular weight is 203 g/mol. The minimum Gasteiger partial charge on any atom is -0.496 e. The Morgan fingerprint density at radius 2 is 2.20 bits per heavy atom. The Balaban J connectivity index is 2.47. The SMILES string of the molecule is COc1ccc(-c2[nH]ncc2N)cc1C. The summed E-state index contributed by atoms with van der Waals surface area (Å²) in [6.07, 6.45) is 1.61. The van der Waals surface area contributed by atoms with E-state index in [1.165, 1.54) is 0 Å². The van der Waals surface area contributed by atoms with E-state index in [1.807, 2.05) is 25.1 Å². The summed E-state index contributed by atoms with van der Waals surface area (Å²) in [6.45, 7) is 1.99. The zero-order valence-electron chi connectivity index (χ0n) is 8.74. The van der Waals surface area contributed by atoms with Gasteiger partial charge in [0.2, 0.25) is 0 Å². The third kappa shape index (κ3) is 1.66. The molecule has 3 N–H and O–H groups in total. The molecule has 0 saturated carbocycles. The van der Waals surface area contributed by atoms with Crippen molar-refractivity contribution in [3.05, 3.63) is 30.0 Å². The second-order valence-electron chi connectivity index (χ2n) is 3.38. The number of H-pyrrole nitrogens is 1. The molecule has 0 atom stereocenters. The number of ether oxygens (including phenoxy) is 1. The molecule has 0 spiro atoms. The molecule has 0 radical (unpaired) electrons. The first-order valence-corrected chi connectivity index (χ1v) is 4.66. The normalized spacial score (nSPS) is 10.3. The first-order valence-electron chi connectivity index (χ1n) is 4.66. The molecular formula is C11H13N3O. The van der Waals surface area contributed by atoms with Crippen molar-refractivity contribution in [2.24, 2.45) is 0 Å². The number of aryl methyl sites for hydroxylation is 1. The maximum absolute atomic E-state index is 5.77. The largest absolute Gasteiger partial charge is 0.496 e. The number of nitrogen functional groups attached to an aromatic ring is 1. The van der Waals surface area contributed by atoms with E-state index in [4.69, 9.17) is 10.5 Å². The molecule has 0 fully saturated rings. The predicted molar refractivity (Wildman–Crippen MR) is 59.7 cm³/mol. The standard InChI is InChI=1S/C11H13N3O/c1-7-5-8(3-4-10(7)15-2)11-9(12)6-13-14-11/h3-6H,12H2,1-2H3,(H,13,14). The second kappa shape index (κ2) is 3.65. The van der Waals surface area contributed by atoms with Gasteiger partial charge in [-0.05, 0) is 30.7 Å². The molecule has 15 heavy (non-hydrogen) atoms. The van der Waals surface area contributed by atoms with Crippen molar-refractivity contribution >= 4 is 5.69 Å². The lowest BCUT2D eigenvalue weighted by molar-refractivity contribution is 0.412. The molecular weight excluding hydrogens is 190 g/mol. The number of nitrogens with one attached hydrogen (secondary N) is 1. The maximum atomic E-state index is 5.77. The number of hydrogen-bond acceptors (Lipinski definition) is 3. The van der Waals surface area contributed by atoms with Crippen molar-refractivity contribution in [1.82, 2.24) is 10.2 Å². The van der Waals surface area contributed by atoms with Crippen molar-refractivity contribution in [3.63, 3.8) is 0 Å². The Bertz CT molecular complexity index is 476. The number of benzene rings is 1. The summed E-state index contributed by atoms with van der Waals surface area (Å²) >= 11 is 0. The Labute approximate surface area is 88.1 Å². The number of nitrogens with zero attached hydrogens (tertiary/aromatic N) is 1. The Morgan fingerprint density at radius 1 is 1.40 bits per heavy atom. The number of rotatable bonds is 2. The van der Waals surface area contributed by atoms with Gasteiger partial charge < -0.3 is 10.5 Å². The van der Waals surface area contributed by atoms with E-state index in [2.05, 4.69) is 10.2 Å². The maximum Gasteiger partial charge on any atom is 0.121 e. The van der Waals surface area contributed by atoms with Crippen molar-refractivity contribution in [1.29, 1.82) is 0 Å². The fourth-order valence-electron chi connectivity index (χ4n) is 1.56. The van der Waals surface area contributed by atoms with Crippen molar-refractivity contribution < 1.29 is 4.74 Å². The molecule has 0 bridgehead atoms. The molecule has 0 aliphatic carbocycles. The van der Waals surface area contributed by atoms with Crippen LogP contribution in [0.25, 0.3) is 11.3 Å². The minimum atomic E-state index is 0.652. The van der Waals surface area contributed by atoms with Gasteiger partial charge in [0.05, 0.1) is 24.7 Å². The van der Waals surface area contributed by atoms with Crippen LogP contribution in [0.4, 0.5) is 5.69 Å². The molecule has 78 valence electrons. The van der Waals surface area contributed by atoms with Crippen LogP contribution in [-0.4, -0.2) is 17.3 Å². The van der Waals surface area contributed by atoms with Crippen LogP contribution in [0.2, 0.25) is 0 Å². The van der Waals surface area contributed by atoms with Crippen LogP contribution < -0.4 is 10.5 Å². The highest BCUT2D eigenvalue weighted by atomic mass is 16.5. The number of hydrogen-bond donors (Lipinski definition) is 2. The van der Waals surface area contributed by atoms with Gasteiger partial charge in [-0.3, -0.25) is 5.10 Å². The van der Waals surface area contributed by atoms with E-state index in [-0.39, 0.29) is 0 Å². The molecule has 1 heterocycles. The summed E-state index contributed by atoms with van der Waals surface area (Å²) < 4.78 is 5.19. The molecule has 2 aromatic rings. The summed E-state index contributed by atoms with van der Waals surface area (Å²) in [5.74, 6) is 0.872. The van der Waals surface area contributed by atoms with E-state index >= 15 is 0 Å². The van der Waals surface area contributed by atoms with Crippen LogP contribution >= 0.6 is 0 Å². The molecule has 2 rings (SSSR count). The molecule has 4 nitrogen and oxygen atoms in total. The van der Waals surface area contributed by atoms with Crippen molar-refractivity contribution in [2.45, 2.75) is 6.92 Å². The Hall–Kier alpha value is -1.97. The zero-order chi connectivity index (χ0) is 10.8. The lowest BCUT2D eigenvalue weighted by atomic mass is 10.1. The highest BCUT2D eigenvalue weighted by Crippen LogP contribution is 2.27. The molecule has 0 unspecified atom stereocenters. The van der Waals surface area contributed by atoms with E-state index in [0.29, 0.717) is 5.69 Å². The first-order chi connectivity index (χ1) is 7.22. The van der Waals surface area contributed by atoms with Gasteiger partial charge in [0.1, 0.15) is 5.75 Å². The van der Waals surface area contributed by atoms with Gasteiger partial charge >= 0.3 is 0 Å². The third-order valence-corrected chi connectivity index (χ3v) is 2.35. The fraction of sp³-hybridized carbons (Fsp3) is 0.182. The number of nitrogens with two attached hydrogens (primary N) is 1. The van der Waals surface area contributed by atoms with E-state index in [0.717, 1.165) is 22.6 Å². The molecule has 4 heteroatoms. The monoisotopic (exact) mass is 203 g/mol. The summed E-state index contributed by atoms with van der Waals surface area (Å²) in [4.78, 5) is 0. The number of aromatic amines is 1. The van der Waals surface area contributed by atoms with Gasteiger partial charge in [0, 0.05) is 5.56 Å². The van der Waals surface area contributed by atoms with Crippen LogP contribution in [-0.2, 0) is 0 Å².